The molecule has 0 unspecified atom stereocenters. The highest BCUT2D eigenvalue weighted by Crippen LogP contribution is 2.29. The molecule has 3 rings (SSSR count). The molecule has 1 amide bonds. The van der Waals surface area contributed by atoms with Crippen LogP contribution in [0.25, 0.3) is 0 Å². The molecular formula is C18H22N2O4S. The van der Waals surface area contributed by atoms with Crippen molar-refractivity contribution in [2.24, 2.45) is 0 Å². The fourth-order valence-corrected chi connectivity index (χ4v) is 4.69. The van der Waals surface area contributed by atoms with Gasteiger partial charge in [-0.3, -0.25) is 9.10 Å². The minimum Gasteiger partial charge on any atom is -0.469 e. The van der Waals surface area contributed by atoms with Crippen LogP contribution < -0.4 is 9.62 Å². The van der Waals surface area contributed by atoms with Crippen LogP contribution in [0, 0.1) is 6.92 Å². The van der Waals surface area contributed by atoms with Crippen LogP contribution in [0.3, 0.4) is 0 Å². The van der Waals surface area contributed by atoms with Crippen molar-refractivity contribution in [3.8, 4) is 0 Å². The topological polar surface area (TPSA) is 79.6 Å². The Bertz CT molecular complexity index is 844. The Hall–Kier alpha value is -2.28. The zero-order valence-electron chi connectivity index (χ0n) is 14.2. The van der Waals surface area contributed by atoms with Crippen LogP contribution >= 0.6 is 0 Å². The molecule has 2 aromatic rings. The molecule has 0 saturated carbocycles. The van der Waals surface area contributed by atoms with Crippen LogP contribution in [0.15, 0.2) is 41.0 Å². The van der Waals surface area contributed by atoms with E-state index in [0.717, 1.165) is 17.7 Å². The van der Waals surface area contributed by atoms with E-state index < -0.39 is 10.0 Å². The van der Waals surface area contributed by atoms with Crippen LogP contribution in [0.4, 0.5) is 11.4 Å². The molecule has 1 fully saturated rings. The summed E-state index contributed by atoms with van der Waals surface area (Å²) in [5.74, 6) is 0.865. The van der Waals surface area contributed by atoms with Crippen LogP contribution in [0.5, 0.6) is 0 Å². The Balaban J connectivity index is 1.66. The largest absolute Gasteiger partial charge is 0.469 e. The Labute approximate surface area is 147 Å². The van der Waals surface area contributed by atoms with Gasteiger partial charge in [0, 0.05) is 25.1 Å². The van der Waals surface area contributed by atoms with Gasteiger partial charge in [-0.05, 0) is 55.7 Å². The summed E-state index contributed by atoms with van der Waals surface area (Å²) in [6.45, 7) is 2.37. The van der Waals surface area contributed by atoms with E-state index in [-0.39, 0.29) is 11.7 Å². The van der Waals surface area contributed by atoms with Gasteiger partial charge in [0.25, 0.3) is 0 Å². The van der Waals surface area contributed by atoms with Crippen molar-refractivity contribution < 1.29 is 17.6 Å². The van der Waals surface area contributed by atoms with Gasteiger partial charge in [-0.1, -0.05) is 0 Å². The van der Waals surface area contributed by atoms with E-state index in [9.17, 15) is 13.2 Å². The Kier molecular flexibility index (Phi) is 5.13. The first-order valence-corrected chi connectivity index (χ1v) is 10.00. The number of carbonyl (C=O) groups excluding carboxylic acids is 1. The summed E-state index contributed by atoms with van der Waals surface area (Å²) in [5, 5.41) is 2.85. The second kappa shape index (κ2) is 7.31. The number of nitrogens with one attached hydrogen (secondary N) is 1. The maximum absolute atomic E-state index is 12.2. The fraction of sp³-hybridized carbons (Fsp3) is 0.389. The van der Waals surface area contributed by atoms with Gasteiger partial charge in [-0.25, -0.2) is 8.42 Å². The molecule has 0 aliphatic carbocycles. The molecule has 25 heavy (non-hydrogen) atoms. The Morgan fingerprint density at radius 3 is 2.80 bits per heavy atom. The van der Waals surface area contributed by atoms with E-state index in [4.69, 9.17) is 4.42 Å². The molecule has 0 atom stereocenters. The maximum Gasteiger partial charge on any atom is 0.235 e. The smallest absolute Gasteiger partial charge is 0.235 e. The number of hydrogen-bond donors (Lipinski definition) is 1. The van der Waals surface area contributed by atoms with Crippen molar-refractivity contribution in [3.63, 3.8) is 0 Å². The summed E-state index contributed by atoms with van der Waals surface area (Å²) in [5.41, 5.74) is 2.18. The summed E-state index contributed by atoms with van der Waals surface area (Å²) in [4.78, 5) is 12.0. The number of hydrogen-bond acceptors (Lipinski definition) is 4. The van der Waals surface area contributed by atoms with Crippen LogP contribution in [0.2, 0.25) is 0 Å². The second-order valence-electron chi connectivity index (χ2n) is 6.22. The highest BCUT2D eigenvalue weighted by atomic mass is 32.2. The quantitative estimate of drug-likeness (QED) is 0.886. The van der Waals surface area contributed by atoms with E-state index in [1.54, 1.807) is 24.5 Å². The van der Waals surface area contributed by atoms with Gasteiger partial charge >= 0.3 is 0 Å². The number of carbonyl (C=O) groups is 1. The monoisotopic (exact) mass is 362 g/mol. The van der Waals surface area contributed by atoms with Crippen molar-refractivity contribution in [3.05, 3.63) is 47.9 Å². The lowest BCUT2D eigenvalue weighted by Crippen LogP contribution is -2.38. The number of rotatable bonds is 5. The molecular weight excluding hydrogens is 340 g/mol. The van der Waals surface area contributed by atoms with Gasteiger partial charge in [0.15, 0.2) is 0 Å². The number of anilines is 2. The maximum atomic E-state index is 12.2. The lowest BCUT2D eigenvalue weighted by molar-refractivity contribution is -0.116. The van der Waals surface area contributed by atoms with Crippen molar-refractivity contribution in [2.75, 3.05) is 21.9 Å². The van der Waals surface area contributed by atoms with Crippen molar-refractivity contribution in [2.45, 2.75) is 32.6 Å². The van der Waals surface area contributed by atoms with E-state index in [1.807, 2.05) is 19.1 Å². The molecule has 6 nitrogen and oxygen atoms in total. The Morgan fingerprint density at radius 1 is 1.28 bits per heavy atom. The summed E-state index contributed by atoms with van der Waals surface area (Å²) in [6, 6.07) is 8.96. The molecule has 1 N–H and O–H groups in total. The van der Waals surface area contributed by atoms with Gasteiger partial charge in [0.1, 0.15) is 5.76 Å². The number of nitrogens with zero attached hydrogens (tertiary/aromatic N) is 1. The molecule has 1 aromatic heterocycles. The normalized spacial score (nSPS) is 16.6. The third kappa shape index (κ3) is 4.22. The average Bonchev–Trinajstić information content (AvgIpc) is 3.07. The second-order valence-corrected chi connectivity index (χ2v) is 8.24. The molecule has 1 aliphatic rings. The first kappa shape index (κ1) is 17.5. The molecule has 0 spiro atoms. The average molecular weight is 362 g/mol. The van der Waals surface area contributed by atoms with Crippen molar-refractivity contribution in [1.29, 1.82) is 0 Å². The molecule has 1 aliphatic heterocycles. The highest BCUT2D eigenvalue weighted by Gasteiger charge is 2.27. The SMILES string of the molecule is Cc1cc(NC(=O)CCc2ccco2)ccc1N1CCCCS1(=O)=O. The van der Waals surface area contributed by atoms with Gasteiger partial charge in [-0.2, -0.15) is 0 Å². The van der Waals surface area contributed by atoms with Gasteiger partial charge in [-0.15, -0.1) is 0 Å². The number of furan rings is 1. The first-order chi connectivity index (χ1) is 12.0. The summed E-state index contributed by atoms with van der Waals surface area (Å²) in [7, 11) is -3.23. The van der Waals surface area contributed by atoms with E-state index >= 15 is 0 Å². The molecule has 1 aromatic carbocycles. The fourth-order valence-electron chi connectivity index (χ4n) is 2.99. The predicted octanol–water partition coefficient (Wildman–Crippen LogP) is 3.09. The van der Waals surface area contributed by atoms with Crippen molar-refractivity contribution >= 4 is 27.3 Å². The van der Waals surface area contributed by atoms with Crippen LogP contribution in [0.1, 0.15) is 30.6 Å². The third-order valence-electron chi connectivity index (χ3n) is 4.28. The molecule has 0 bridgehead atoms. The number of aryl methyl sites for hydroxylation is 2. The number of benzene rings is 1. The first-order valence-electron chi connectivity index (χ1n) is 8.39. The van der Waals surface area contributed by atoms with Crippen molar-refractivity contribution in [1.82, 2.24) is 0 Å². The van der Waals surface area contributed by atoms with Crippen LogP contribution in [-0.4, -0.2) is 26.6 Å². The zero-order valence-corrected chi connectivity index (χ0v) is 15.0. The standard InChI is InChI=1S/C18H22N2O4S/c1-14-13-15(19-18(21)9-7-16-5-4-11-24-16)6-8-17(14)20-10-2-3-12-25(20,22)23/h4-6,8,11,13H,2-3,7,9-10,12H2,1H3,(H,19,21). The molecule has 7 heteroatoms. The minimum absolute atomic E-state index is 0.103. The molecule has 2 heterocycles. The van der Waals surface area contributed by atoms with E-state index in [0.29, 0.717) is 37.2 Å². The van der Waals surface area contributed by atoms with Crippen LogP contribution in [-0.2, 0) is 21.2 Å². The molecule has 0 radical (unpaired) electrons. The molecule has 1 saturated heterocycles. The highest BCUT2D eigenvalue weighted by molar-refractivity contribution is 7.92. The summed E-state index contributed by atoms with van der Waals surface area (Å²) in [6.07, 6.45) is 4.03. The number of amides is 1. The third-order valence-corrected chi connectivity index (χ3v) is 6.13. The lowest BCUT2D eigenvalue weighted by atomic mass is 10.1. The molecule has 134 valence electrons. The predicted molar refractivity (Wildman–Crippen MR) is 97.2 cm³/mol. The van der Waals surface area contributed by atoms with Gasteiger partial charge < -0.3 is 9.73 Å². The number of sulfonamides is 1. The lowest BCUT2D eigenvalue weighted by Gasteiger charge is -2.29. The van der Waals surface area contributed by atoms with Gasteiger partial charge in [0.2, 0.25) is 15.9 Å². The summed E-state index contributed by atoms with van der Waals surface area (Å²) < 4.78 is 31.2. The summed E-state index contributed by atoms with van der Waals surface area (Å²) >= 11 is 0. The zero-order chi connectivity index (χ0) is 17.9. The minimum atomic E-state index is -3.23. The van der Waals surface area contributed by atoms with Gasteiger partial charge in [0.05, 0.1) is 17.7 Å². The Morgan fingerprint density at radius 2 is 2.12 bits per heavy atom. The van der Waals surface area contributed by atoms with E-state index in [2.05, 4.69) is 5.32 Å². The van der Waals surface area contributed by atoms with E-state index in [1.165, 1.54) is 4.31 Å².